The van der Waals surface area contributed by atoms with Gasteiger partial charge < -0.3 is 15.3 Å². The monoisotopic (exact) mass is 376 g/mol. The minimum Gasteiger partial charge on any atom is -0.508 e. The number of nitrogens with zero attached hydrogens (tertiary/aromatic N) is 3. The van der Waals surface area contributed by atoms with E-state index < -0.39 is 0 Å². The number of phenolic OH excluding ortho intramolecular Hbond substituents is 1. The fourth-order valence-electron chi connectivity index (χ4n) is 2.87. The van der Waals surface area contributed by atoms with Crippen LogP contribution in [0.1, 0.15) is 27.2 Å². The van der Waals surface area contributed by atoms with E-state index in [-0.39, 0.29) is 11.7 Å². The van der Waals surface area contributed by atoms with E-state index in [4.69, 9.17) is 0 Å². The van der Waals surface area contributed by atoms with E-state index in [1.54, 1.807) is 31.5 Å². The second kappa shape index (κ2) is 8.99. The predicted octanol–water partition coefficient (Wildman–Crippen LogP) is 3.10. The number of aryl methyl sites for hydroxylation is 1. The SMILES string of the molecule is Cc1ccc(C(=O)NCc2cccnc2N(C)CCc2ccccn2)cc1O. The zero-order valence-corrected chi connectivity index (χ0v) is 16.1. The number of hydrogen-bond acceptors (Lipinski definition) is 5. The van der Waals surface area contributed by atoms with Crippen LogP contribution in [0, 0.1) is 6.92 Å². The summed E-state index contributed by atoms with van der Waals surface area (Å²) in [6.45, 7) is 2.91. The Hall–Kier alpha value is -3.41. The van der Waals surface area contributed by atoms with Crippen LogP contribution in [0.25, 0.3) is 0 Å². The van der Waals surface area contributed by atoms with Gasteiger partial charge in [-0.15, -0.1) is 0 Å². The van der Waals surface area contributed by atoms with Crippen molar-refractivity contribution in [2.75, 3.05) is 18.5 Å². The maximum absolute atomic E-state index is 12.4. The van der Waals surface area contributed by atoms with Crippen LogP contribution in [0.5, 0.6) is 5.75 Å². The Bertz CT molecular complexity index is 944. The molecule has 2 N–H and O–H groups in total. The quantitative estimate of drug-likeness (QED) is 0.662. The second-order valence-corrected chi connectivity index (χ2v) is 6.66. The van der Waals surface area contributed by atoms with E-state index in [0.29, 0.717) is 12.1 Å². The van der Waals surface area contributed by atoms with Crippen LogP contribution in [0.2, 0.25) is 0 Å². The number of rotatable bonds is 7. The summed E-state index contributed by atoms with van der Waals surface area (Å²) in [7, 11) is 1.98. The molecule has 0 aliphatic rings. The van der Waals surface area contributed by atoms with E-state index in [1.807, 2.05) is 37.4 Å². The molecule has 2 heterocycles. The van der Waals surface area contributed by atoms with Crippen molar-refractivity contribution in [1.82, 2.24) is 15.3 Å². The first-order valence-electron chi connectivity index (χ1n) is 9.17. The van der Waals surface area contributed by atoms with Gasteiger partial charge in [0.15, 0.2) is 0 Å². The summed E-state index contributed by atoms with van der Waals surface area (Å²) in [6, 6.07) is 14.6. The molecule has 0 bridgehead atoms. The molecule has 6 heteroatoms. The number of nitrogens with one attached hydrogen (secondary N) is 1. The Labute approximate surface area is 164 Å². The number of carbonyl (C=O) groups excluding carboxylic acids is 1. The van der Waals surface area contributed by atoms with Gasteiger partial charge in [-0.1, -0.05) is 18.2 Å². The van der Waals surface area contributed by atoms with Gasteiger partial charge in [-0.3, -0.25) is 9.78 Å². The number of aromatic hydroxyl groups is 1. The molecular weight excluding hydrogens is 352 g/mol. The minimum atomic E-state index is -0.235. The molecule has 6 nitrogen and oxygen atoms in total. The van der Waals surface area contributed by atoms with E-state index in [1.165, 1.54) is 6.07 Å². The van der Waals surface area contributed by atoms with Gasteiger partial charge in [-0.05, 0) is 42.8 Å². The van der Waals surface area contributed by atoms with Gasteiger partial charge in [-0.25, -0.2) is 4.98 Å². The number of anilines is 1. The highest BCUT2D eigenvalue weighted by Gasteiger charge is 2.12. The van der Waals surface area contributed by atoms with Crippen LogP contribution in [0.4, 0.5) is 5.82 Å². The number of hydrogen-bond donors (Lipinski definition) is 2. The van der Waals surface area contributed by atoms with E-state index in [9.17, 15) is 9.90 Å². The highest BCUT2D eigenvalue weighted by molar-refractivity contribution is 5.94. The minimum absolute atomic E-state index is 0.115. The van der Waals surface area contributed by atoms with Gasteiger partial charge in [0.2, 0.25) is 0 Å². The van der Waals surface area contributed by atoms with E-state index in [2.05, 4.69) is 20.2 Å². The molecular formula is C22H24N4O2. The Morgan fingerprint density at radius 2 is 1.93 bits per heavy atom. The molecule has 0 saturated carbocycles. The first kappa shape index (κ1) is 19.4. The molecule has 0 spiro atoms. The largest absolute Gasteiger partial charge is 0.508 e. The fourth-order valence-corrected chi connectivity index (χ4v) is 2.87. The molecule has 1 aromatic carbocycles. The topological polar surface area (TPSA) is 78.4 Å². The van der Waals surface area contributed by atoms with Crippen LogP contribution in [-0.4, -0.2) is 34.6 Å². The van der Waals surface area contributed by atoms with Crippen molar-refractivity contribution >= 4 is 11.7 Å². The lowest BCUT2D eigenvalue weighted by atomic mass is 10.1. The average molecular weight is 376 g/mol. The van der Waals surface area contributed by atoms with Crippen LogP contribution in [-0.2, 0) is 13.0 Å². The van der Waals surface area contributed by atoms with Crippen molar-refractivity contribution in [2.45, 2.75) is 19.9 Å². The third-order valence-corrected chi connectivity index (χ3v) is 4.57. The van der Waals surface area contributed by atoms with Crippen molar-refractivity contribution in [3.63, 3.8) is 0 Å². The molecule has 3 aromatic rings. The lowest BCUT2D eigenvalue weighted by Gasteiger charge is -2.21. The van der Waals surface area contributed by atoms with Crippen LogP contribution in [0.15, 0.2) is 60.9 Å². The van der Waals surface area contributed by atoms with Gasteiger partial charge in [0.1, 0.15) is 11.6 Å². The number of pyridine rings is 2. The third-order valence-electron chi connectivity index (χ3n) is 4.57. The first-order valence-corrected chi connectivity index (χ1v) is 9.17. The van der Waals surface area contributed by atoms with E-state index in [0.717, 1.165) is 35.6 Å². The molecule has 0 atom stereocenters. The molecule has 2 aromatic heterocycles. The predicted molar refractivity (Wildman–Crippen MR) is 109 cm³/mol. The summed E-state index contributed by atoms with van der Waals surface area (Å²) in [4.78, 5) is 23.3. The van der Waals surface area contributed by atoms with Crippen LogP contribution < -0.4 is 10.2 Å². The Morgan fingerprint density at radius 3 is 2.68 bits per heavy atom. The van der Waals surface area contributed by atoms with Gasteiger partial charge in [0, 0.05) is 55.8 Å². The zero-order chi connectivity index (χ0) is 19.9. The molecule has 0 unspecified atom stereocenters. The molecule has 0 saturated heterocycles. The number of phenols is 1. The van der Waals surface area contributed by atoms with Crippen molar-refractivity contribution in [3.05, 3.63) is 83.3 Å². The molecule has 0 fully saturated rings. The Kier molecular flexibility index (Phi) is 6.22. The maximum atomic E-state index is 12.4. The van der Waals surface area contributed by atoms with Crippen molar-refractivity contribution in [3.8, 4) is 5.75 Å². The first-order chi connectivity index (χ1) is 13.5. The lowest BCUT2D eigenvalue weighted by molar-refractivity contribution is 0.0950. The zero-order valence-electron chi connectivity index (χ0n) is 16.1. The van der Waals surface area contributed by atoms with Crippen molar-refractivity contribution in [1.29, 1.82) is 0 Å². The van der Waals surface area contributed by atoms with E-state index >= 15 is 0 Å². The summed E-state index contributed by atoms with van der Waals surface area (Å²) in [5.74, 6) is 0.704. The molecule has 1 amide bonds. The maximum Gasteiger partial charge on any atom is 0.251 e. The Balaban J connectivity index is 1.64. The Morgan fingerprint density at radius 1 is 1.11 bits per heavy atom. The third kappa shape index (κ3) is 4.85. The molecule has 0 aliphatic carbocycles. The van der Waals surface area contributed by atoms with Crippen molar-refractivity contribution < 1.29 is 9.90 Å². The summed E-state index contributed by atoms with van der Waals surface area (Å²) in [5, 5.41) is 12.7. The molecule has 144 valence electrons. The number of amides is 1. The molecule has 3 rings (SSSR count). The fraction of sp³-hybridized carbons (Fsp3) is 0.227. The van der Waals surface area contributed by atoms with Crippen LogP contribution >= 0.6 is 0 Å². The lowest BCUT2D eigenvalue weighted by Crippen LogP contribution is -2.27. The summed E-state index contributed by atoms with van der Waals surface area (Å²) >= 11 is 0. The summed E-state index contributed by atoms with van der Waals surface area (Å²) < 4.78 is 0. The molecule has 28 heavy (non-hydrogen) atoms. The molecule has 0 aliphatic heterocycles. The summed E-state index contributed by atoms with van der Waals surface area (Å²) in [6.07, 6.45) is 4.35. The highest BCUT2D eigenvalue weighted by atomic mass is 16.3. The number of carbonyl (C=O) groups is 1. The number of benzene rings is 1. The average Bonchev–Trinajstić information content (AvgIpc) is 2.73. The standard InChI is InChI=1S/C22H24N4O2/c1-16-8-9-17(14-20(16)27)22(28)25-15-18-6-5-12-24-21(18)26(2)13-10-19-7-3-4-11-23-19/h3-9,11-12,14,27H,10,13,15H2,1-2H3,(H,25,28). The van der Waals surface area contributed by atoms with Crippen LogP contribution in [0.3, 0.4) is 0 Å². The number of aromatic nitrogens is 2. The molecule has 0 radical (unpaired) electrons. The smallest absolute Gasteiger partial charge is 0.251 e. The van der Waals surface area contributed by atoms with Crippen molar-refractivity contribution in [2.24, 2.45) is 0 Å². The van der Waals surface area contributed by atoms with Gasteiger partial charge in [-0.2, -0.15) is 0 Å². The van der Waals surface area contributed by atoms with Gasteiger partial charge in [0.25, 0.3) is 5.91 Å². The van der Waals surface area contributed by atoms with Gasteiger partial charge in [0.05, 0.1) is 0 Å². The normalized spacial score (nSPS) is 10.5. The second-order valence-electron chi connectivity index (χ2n) is 6.66. The van der Waals surface area contributed by atoms with Gasteiger partial charge >= 0.3 is 0 Å². The number of likely N-dealkylation sites (N-methyl/N-ethyl adjacent to an activating group) is 1. The highest BCUT2D eigenvalue weighted by Crippen LogP contribution is 2.19. The summed E-state index contributed by atoms with van der Waals surface area (Å²) in [5.41, 5.74) is 3.12.